The summed E-state index contributed by atoms with van der Waals surface area (Å²) in [5.74, 6) is -0.776. The molecule has 0 aromatic carbocycles. The average Bonchev–Trinajstić information content (AvgIpc) is 2.06. The molecule has 0 amide bonds. The number of carboxylic acid groups (broad SMARTS) is 1. The van der Waals surface area contributed by atoms with Crippen molar-refractivity contribution in [3.8, 4) is 0 Å². The van der Waals surface area contributed by atoms with Crippen LogP contribution in [0.2, 0.25) is 0 Å². The summed E-state index contributed by atoms with van der Waals surface area (Å²) in [6.45, 7) is 3.33. The summed E-state index contributed by atoms with van der Waals surface area (Å²) >= 11 is 0. The molecule has 0 atom stereocenters. The Kier molecular flexibility index (Phi) is 6.03. The molecule has 1 aliphatic heterocycles. The van der Waals surface area contributed by atoms with Gasteiger partial charge in [0.1, 0.15) is 0 Å². The lowest BCUT2D eigenvalue weighted by Crippen LogP contribution is -2.38. The van der Waals surface area contributed by atoms with Crippen LogP contribution in [0.15, 0.2) is 0 Å². The molecule has 1 heterocycles. The van der Waals surface area contributed by atoms with E-state index in [4.69, 9.17) is 10.8 Å². The van der Waals surface area contributed by atoms with Gasteiger partial charge in [-0.3, -0.25) is 4.79 Å². The highest BCUT2D eigenvalue weighted by Gasteiger charge is 2.23. The second kappa shape index (κ2) is 6.18. The van der Waals surface area contributed by atoms with Crippen LogP contribution in [0.3, 0.4) is 0 Å². The molecule has 1 fully saturated rings. The third kappa shape index (κ3) is 3.93. The number of carbonyl (C=O) groups is 1. The summed E-state index contributed by atoms with van der Waals surface area (Å²) in [7, 11) is 0. The fourth-order valence-corrected chi connectivity index (χ4v) is 1.59. The molecule has 0 aromatic heterocycles. The first-order valence-corrected chi connectivity index (χ1v) is 4.39. The number of aliphatic carboxylic acids is 1. The van der Waals surface area contributed by atoms with E-state index in [2.05, 4.69) is 4.90 Å². The monoisotopic (exact) mass is 208 g/mol. The van der Waals surface area contributed by atoms with Crippen LogP contribution in [0.5, 0.6) is 0 Å². The third-order valence-electron chi connectivity index (χ3n) is 2.38. The first kappa shape index (κ1) is 12.7. The van der Waals surface area contributed by atoms with E-state index in [1.807, 2.05) is 0 Å². The quantitative estimate of drug-likeness (QED) is 0.694. The van der Waals surface area contributed by atoms with E-state index >= 15 is 0 Å². The fraction of sp³-hybridized carbons (Fsp3) is 0.875. The first-order valence-electron chi connectivity index (χ1n) is 4.39. The van der Waals surface area contributed by atoms with E-state index < -0.39 is 5.97 Å². The van der Waals surface area contributed by atoms with Gasteiger partial charge in [-0.25, -0.2) is 0 Å². The molecule has 0 aliphatic carbocycles. The van der Waals surface area contributed by atoms with Gasteiger partial charge in [0.15, 0.2) is 0 Å². The zero-order valence-corrected chi connectivity index (χ0v) is 8.42. The van der Waals surface area contributed by atoms with Crippen molar-refractivity contribution in [2.75, 3.05) is 26.2 Å². The van der Waals surface area contributed by atoms with E-state index in [9.17, 15) is 4.79 Å². The number of carboxylic acids is 1. The summed E-state index contributed by atoms with van der Waals surface area (Å²) in [6.07, 6.45) is 1.55. The number of hydrogen-bond acceptors (Lipinski definition) is 3. The Balaban J connectivity index is 0.00000144. The molecule has 0 aromatic rings. The maximum absolute atomic E-state index is 10.6. The second-order valence-corrected chi connectivity index (χ2v) is 3.24. The Labute approximate surface area is 84.5 Å². The van der Waals surface area contributed by atoms with Crippen molar-refractivity contribution in [2.24, 2.45) is 11.7 Å². The minimum atomic E-state index is -0.651. The average molecular weight is 209 g/mol. The van der Waals surface area contributed by atoms with Gasteiger partial charge in [0.2, 0.25) is 0 Å². The van der Waals surface area contributed by atoms with Crippen LogP contribution in [0, 0.1) is 5.92 Å². The standard InChI is InChI=1S/C8H16N2O2.ClH/c9-3-6-10-4-1-7(2-5-10)8(11)12;/h7H,1-6,9H2,(H,11,12);1H. The summed E-state index contributed by atoms with van der Waals surface area (Å²) in [4.78, 5) is 12.8. The number of nitrogens with two attached hydrogens (primary N) is 1. The largest absolute Gasteiger partial charge is 0.481 e. The maximum Gasteiger partial charge on any atom is 0.306 e. The van der Waals surface area contributed by atoms with Crippen LogP contribution in [-0.2, 0) is 4.79 Å². The predicted molar refractivity (Wildman–Crippen MR) is 53.1 cm³/mol. The van der Waals surface area contributed by atoms with Crippen LogP contribution >= 0.6 is 12.4 Å². The lowest BCUT2D eigenvalue weighted by Gasteiger charge is -2.29. The van der Waals surface area contributed by atoms with Gasteiger partial charge in [-0.1, -0.05) is 0 Å². The van der Waals surface area contributed by atoms with Crippen LogP contribution in [-0.4, -0.2) is 42.2 Å². The molecule has 13 heavy (non-hydrogen) atoms. The minimum Gasteiger partial charge on any atom is -0.481 e. The molecule has 1 saturated heterocycles. The fourth-order valence-electron chi connectivity index (χ4n) is 1.59. The summed E-state index contributed by atoms with van der Waals surface area (Å²) in [6, 6.07) is 0. The van der Waals surface area contributed by atoms with Gasteiger partial charge in [0.25, 0.3) is 0 Å². The molecule has 1 aliphatic rings. The van der Waals surface area contributed by atoms with Gasteiger partial charge in [-0.05, 0) is 25.9 Å². The Hall–Kier alpha value is -0.320. The molecule has 0 radical (unpaired) electrons. The van der Waals surface area contributed by atoms with Gasteiger partial charge in [-0.2, -0.15) is 0 Å². The summed E-state index contributed by atoms with van der Waals surface area (Å²) < 4.78 is 0. The minimum absolute atomic E-state index is 0. The topological polar surface area (TPSA) is 66.6 Å². The molecule has 78 valence electrons. The van der Waals surface area contributed by atoms with E-state index in [1.54, 1.807) is 0 Å². The van der Waals surface area contributed by atoms with Crippen molar-refractivity contribution < 1.29 is 9.90 Å². The highest BCUT2D eigenvalue weighted by Crippen LogP contribution is 2.16. The highest BCUT2D eigenvalue weighted by atomic mass is 35.5. The number of hydrogen-bond donors (Lipinski definition) is 2. The Morgan fingerprint density at radius 3 is 2.38 bits per heavy atom. The Morgan fingerprint density at radius 2 is 2.00 bits per heavy atom. The highest BCUT2D eigenvalue weighted by molar-refractivity contribution is 5.85. The van der Waals surface area contributed by atoms with Crippen LogP contribution < -0.4 is 5.73 Å². The summed E-state index contributed by atoms with van der Waals surface area (Å²) in [5, 5.41) is 8.71. The van der Waals surface area contributed by atoms with Crippen molar-refractivity contribution in [3.05, 3.63) is 0 Å². The van der Waals surface area contributed by atoms with E-state index in [1.165, 1.54) is 0 Å². The Morgan fingerprint density at radius 1 is 1.46 bits per heavy atom. The van der Waals surface area contributed by atoms with Gasteiger partial charge in [0.05, 0.1) is 5.92 Å². The van der Waals surface area contributed by atoms with Gasteiger partial charge >= 0.3 is 5.97 Å². The maximum atomic E-state index is 10.6. The smallest absolute Gasteiger partial charge is 0.306 e. The molecule has 1 rings (SSSR count). The van der Waals surface area contributed by atoms with E-state index in [-0.39, 0.29) is 18.3 Å². The van der Waals surface area contributed by atoms with Crippen molar-refractivity contribution in [1.82, 2.24) is 4.90 Å². The lowest BCUT2D eigenvalue weighted by molar-refractivity contribution is -0.143. The zero-order chi connectivity index (χ0) is 8.97. The van der Waals surface area contributed by atoms with Crippen molar-refractivity contribution >= 4 is 18.4 Å². The predicted octanol–water partition coefficient (Wildman–Crippen LogP) is 0.163. The Bertz CT molecular complexity index is 158. The van der Waals surface area contributed by atoms with Crippen LogP contribution in [0.4, 0.5) is 0 Å². The molecule has 5 heteroatoms. The molecule has 4 nitrogen and oxygen atoms in total. The molecule has 0 bridgehead atoms. The number of nitrogens with zero attached hydrogens (tertiary/aromatic N) is 1. The third-order valence-corrected chi connectivity index (χ3v) is 2.38. The summed E-state index contributed by atoms with van der Waals surface area (Å²) in [5.41, 5.74) is 5.40. The van der Waals surface area contributed by atoms with Gasteiger partial charge < -0.3 is 15.7 Å². The van der Waals surface area contributed by atoms with Crippen LogP contribution in [0.25, 0.3) is 0 Å². The number of rotatable bonds is 3. The van der Waals surface area contributed by atoms with E-state index in [0.29, 0.717) is 6.54 Å². The lowest BCUT2D eigenvalue weighted by atomic mass is 9.97. The van der Waals surface area contributed by atoms with Crippen molar-refractivity contribution in [1.29, 1.82) is 0 Å². The SMILES string of the molecule is Cl.NCCN1CCC(C(=O)O)CC1. The number of halogens is 1. The number of piperidine rings is 1. The number of likely N-dealkylation sites (tertiary alicyclic amines) is 1. The molecule has 0 saturated carbocycles. The first-order chi connectivity index (χ1) is 5.74. The van der Waals surface area contributed by atoms with Gasteiger partial charge in [0, 0.05) is 13.1 Å². The van der Waals surface area contributed by atoms with Crippen molar-refractivity contribution in [3.63, 3.8) is 0 Å². The molecular formula is C8H17ClN2O2. The van der Waals surface area contributed by atoms with Crippen molar-refractivity contribution in [2.45, 2.75) is 12.8 Å². The zero-order valence-electron chi connectivity index (χ0n) is 7.61. The van der Waals surface area contributed by atoms with E-state index in [0.717, 1.165) is 32.5 Å². The molecule has 0 spiro atoms. The van der Waals surface area contributed by atoms with Crippen LogP contribution in [0.1, 0.15) is 12.8 Å². The second-order valence-electron chi connectivity index (χ2n) is 3.24. The molecular weight excluding hydrogens is 192 g/mol. The molecule has 3 N–H and O–H groups in total. The van der Waals surface area contributed by atoms with Gasteiger partial charge in [-0.15, -0.1) is 12.4 Å². The normalized spacial score (nSPS) is 19.5. The molecule has 0 unspecified atom stereocenters.